The molecule has 2 fully saturated rings. The van der Waals surface area contributed by atoms with Crippen molar-refractivity contribution in [2.75, 3.05) is 33.1 Å². The monoisotopic (exact) mass is 310 g/mol. The molecular formula is C15H22N2O5. The molecule has 2 rings (SSSR count). The average molecular weight is 310 g/mol. The third-order valence-electron chi connectivity index (χ3n) is 3.29. The Bertz CT molecular complexity index is 492. The first-order chi connectivity index (χ1) is 10.4. The summed E-state index contributed by atoms with van der Waals surface area (Å²) in [5.41, 5.74) is 0.411. The summed E-state index contributed by atoms with van der Waals surface area (Å²) in [5.74, 6) is -0.554. The minimum atomic E-state index is -0.503. The summed E-state index contributed by atoms with van der Waals surface area (Å²) in [6.07, 6.45) is 1.97. The highest BCUT2D eigenvalue weighted by Crippen LogP contribution is 2.30. The number of nitrogens with one attached hydrogen (secondary N) is 2. The Kier molecular flexibility index (Phi) is 5.33. The van der Waals surface area contributed by atoms with E-state index in [2.05, 4.69) is 17.2 Å². The van der Waals surface area contributed by atoms with Crippen LogP contribution in [0.15, 0.2) is 23.8 Å². The van der Waals surface area contributed by atoms with Crippen LogP contribution in [-0.4, -0.2) is 56.6 Å². The minimum absolute atomic E-state index is 0.0546. The molecule has 2 aliphatic heterocycles. The molecule has 2 amide bonds. The second-order valence-corrected chi connectivity index (χ2v) is 5.62. The van der Waals surface area contributed by atoms with Crippen LogP contribution in [-0.2, 0) is 23.8 Å². The summed E-state index contributed by atoms with van der Waals surface area (Å²) in [7, 11) is 0. The fourth-order valence-electron chi connectivity index (χ4n) is 1.78. The van der Waals surface area contributed by atoms with Gasteiger partial charge in [-0.25, -0.2) is 0 Å². The summed E-state index contributed by atoms with van der Waals surface area (Å²) >= 11 is 0. The molecule has 2 heterocycles. The van der Waals surface area contributed by atoms with Crippen molar-refractivity contribution < 1.29 is 23.8 Å². The lowest BCUT2D eigenvalue weighted by Crippen LogP contribution is -2.38. The van der Waals surface area contributed by atoms with Gasteiger partial charge in [-0.05, 0) is 19.9 Å². The molecule has 0 aliphatic carbocycles. The fourth-order valence-corrected chi connectivity index (χ4v) is 1.78. The maximum absolute atomic E-state index is 11.9. The Morgan fingerprint density at radius 2 is 2.00 bits per heavy atom. The van der Waals surface area contributed by atoms with Gasteiger partial charge in [0.05, 0.1) is 33.1 Å². The molecule has 2 unspecified atom stereocenters. The number of rotatable bonds is 9. The van der Waals surface area contributed by atoms with Gasteiger partial charge in [0.25, 0.3) is 0 Å². The van der Waals surface area contributed by atoms with E-state index in [9.17, 15) is 9.59 Å². The molecule has 0 aromatic heterocycles. The molecule has 2 N–H and O–H groups in total. The van der Waals surface area contributed by atoms with Crippen LogP contribution in [0.25, 0.3) is 0 Å². The fraction of sp³-hybridized carbons (Fsp3) is 0.600. The van der Waals surface area contributed by atoms with Crippen LogP contribution in [0.4, 0.5) is 0 Å². The van der Waals surface area contributed by atoms with Gasteiger partial charge in [-0.2, -0.15) is 0 Å². The quantitative estimate of drug-likeness (QED) is 0.352. The molecule has 0 bridgehead atoms. The molecular weight excluding hydrogens is 288 g/mol. The van der Waals surface area contributed by atoms with Crippen molar-refractivity contribution in [2.45, 2.75) is 25.6 Å². The molecule has 0 saturated carbocycles. The van der Waals surface area contributed by atoms with E-state index in [-0.39, 0.29) is 24.6 Å². The second kappa shape index (κ2) is 7.04. The lowest BCUT2D eigenvalue weighted by atomic mass is 10.1. The van der Waals surface area contributed by atoms with Crippen molar-refractivity contribution in [2.24, 2.45) is 0 Å². The van der Waals surface area contributed by atoms with Gasteiger partial charge >= 0.3 is 0 Å². The van der Waals surface area contributed by atoms with Crippen molar-refractivity contribution in [3.05, 3.63) is 23.8 Å². The summed E-state index contributed by atoms with van der Waals surface area (Å²) in [6, 6.07) is 0. The second-order valence-electron chi connectivity index (χ2n) is 5.62. The predicted octanol–water partition coefficient (Wildman–Crippen LogP) is -0.117. The van der Waals surface area contributed by atoms with E-state index in [1.807, 2.05) is 0 Å². The van der Waals surface area contributed by atoms with Crippen LogP contribution in [0.2, 0.25) is 0 Å². The molecule has 7 heteroatoms. The third-order valence-corrected chi connectivity index (χ3v) is 3.29. The van der Waals surface area contributed by atoms with Crippen molar-refractivity contribution in [1.29, 1.82) is 0 Å². The van der Waals surface area contributed by atoms with E-state index in [1.54, 1.807) is 19.9 Å². The van der Waals surface area contributed by atoms with Gasteiger partial charge in [0, 0.05) is 11.1 Å². The molecule has 0 radical (unpaired) electrons. The number of carbonyl (C=O) groups is 2. The van der Waals surface area contributed by atoms with Crippen LogP contribution in [0, 0.1) is 0 Å². The van der Waals surface area contributed by atoms with Crippen molar-refractivity contribution in [3.63, 3.8) is 0 Å². The van der Waals surface area contributed by atoms with Gasteiger partial charge in [-0.15, -0.1) is 0 Å². The van der Waals surface area contributed by atoms with Crippen LogP contribution in [0.3, 0.4) is 0 Å². The number of epoxide rings is 2. The lowest BCUT2D eigenvalue weighted by molar-refractivity contribution is -0.119. The highest BCUT2D eigenvalue weighted by Gasteiger charge is 2.44. The van der Waals surface area contributed by atoms with Crippen molar-refractivity contribution >= 4 is 11.8 Å². The SMILES string of the molecule is C=C(C)C(=O)NCNC(=O)C(C)=CC1(COCC2CO2)CO1. The maximum Gasteiger partial charge on any atom is 0.248 e. The van der Waals surface area contributed by atoms with Crippen LogP contribution < -0.4 is 10.6 Å². The molecule has 22 heavy (non-hydrogen) atoms. The molecule has 0 spiro atoms. The summed E-state index contributed by atoms with van der Waals surface area (Å²) in [4.78, 5) is 23.2. The first kappa shape index (κ1) is 16.7. The highest BCUT2D eigenvalue weighted by molar-refractivity contribution is 5.94. The predicted molar refractivity (Wildman–Crippen MR) is 79.0 cm³/mol. The van der Waals surface area contributed by atoms with E-state index in [1.165, 1.54) is 0 Å². The molecule has 2 aliphatic rings. The summed E-state index contributed by atoms with van der Waals surface area (Å²) < 4.78 is 16.0. The third kappa shape index (κ3) is 5.25. The number of hydrogen-bond donors (Lipinski definition) is 2. The van der Waals surface area contributed by atoms with Crippen molar-refractivity contribution in [3.8, 4) is 0 Å². The summed E-state index contributed by atoms with van der Waals surface area (Å²) in [6.45, 7) is 9.11. The molecule has 122 valence electrons. The van der Waals surface area contributed by atoms with Crippen LogP contribution >= 0.6 is 0 Å². The zero-order valence-corrected chi connectivity index (χ0v) is 12.9. The van der Waals surface area contributed by atoms with Gasteiger partial charge < -0.3 is 24.8 Å². The molecule has 0 aromatic rings. The normalized spacial score (nSPS) is 26.3. The Morgan fingerprint density at radius 1 is 1.36 bits per heavy atom. The standard InChI is InChI=1S/C15H22N2O5/c1-10(2)13(18)16-9-17-14(19)11(3)4-15(8-22-15)7-20-5-12-6-21-12/h4,12H,1,5-9H2,2-3H3,(H,16,18)(H,17,19). The maximum atomic E-state index is 11.9. The topological polar surface area (TPSA) is 92.5 Å². The molecule has 2 saturated heterocycles. The average Bonchev–Trinajstić information content (AvgIpc) is 3.36. The first-order valence-electron chi connectivity index (χ1n) is 7.16. The van der Waals surface area contributed by atoms with E-state index in [0.29, 0.717) is 31.0 Å². The molecule has 7 nitrogen and oxygen atoms in total. The zero-order chi connectivity index (χ0) is 16.2. The van der Waals surface area contributed by atoms with Crippen molar-refractivity contribution in [1.82, 2.24) is 10.6 Å². The highest BCUT2D eigenvalue weighted by atomic mass is 16.6. The number of carbonyl (C=O) groups excluding carboxylic acids is 2. The van der Waals surface area contributed by atoms with Gasteiger partial charge in [0.2, 0.25) is 11.8 Å². The summed E-state index contributed by atoms with van der Waals surface area (Å²) in [5, 5.41) is 5.14. The van der Waals surface area contributed by atoms with Crippen LogP contribution in [0.1, 0.15) is 13.8 Å². The van der Waals surface area contributed by atoms with Crippen LogP contribution in [0.5, 0.6) is 0 Å². The Morgan fingerprint density at radius 3 is 2.55 bits per heavy atom. The Hall–Kier alpha value is -1.70. The molecule has 2 atom stereocenters. The largest absolute Gasteiger partial charge is 0.375 e. The number of ether oxygens (including phenoxy) is 3. The smallest absolute Gasteiger partial charge is 0.248 e. The number of amides is 2. The van der Waals surface area contributed by atoms with Gasteiger partial charge in [0.15, 0.2) is 0 Å². The first-order valence-corrected chi connectivity index (χ1v) is 7.16. The van der Waals surface area contributed by atoms with E-state index in [4.69, 9.17) is 14.2 Å². The minimum Gasteiger partial charge on any atom is -0.375 e. The Balaban J connectivity index is 1.71. The number of hydrogen-bond acceptors (Lipinski definition) is 5. The lowest BCUT2D eigenvalue weighted by Gasteiger charge is -2.10. The molecule has 0 aromatic carbocycles. The van der Waals surface area contributed by atoms with Gasteiger partial charge in [0.1, 0.15) is 11.7 Å². The van der Waals surface area contributed by atoms with Gasteiger partial charge in [-0.3, -0.25) is 9.59 Å². The van der Waals surface area contributed by atoms with E-state index >= 15 is 0 Å². The van der Waals surface area contributed by atoms with E-state index < -0.39 is 5.60 Å². The zero-order valence-electron chi connectivity index (χ0n) is 12.9. The Labute approximate surface area is 129 Å². The van der Waals surface area contributed by atoms with Gasteiger partial charge in [-0.1, -0.05) is 6.58 Å². The van der Waals surface area contributed by atoms with E-state index in [0.717, 1.165) is 6.61 Å².